The van der Waals surface area contributed by atoms with E-state index in [1.165, 1.54) is 5.56 Å². The summed E-state index contributed by atoms with van der Waals surface area (Å²) >= 11 is 0. The first-order valence-corrected chi connectivity index (χ1v) is 9.01. The van der Waals surface area contributed by atoms with Gasteiger partial charge in [0, 0.05) is 13.6 Å². The van der Waals surface area contributed by atoms with Crippen LogP contribution < -0.4 is 5.32 Å². The van der Waals surface area contributed by atoms with Gasteiger partial charge in [-0.3, -0.25) is 4.79 Å². The normalized spacial score (nSPS) is 15.5. The summed E-state index contributed by atoms with van der Waals surface area (Å²) in [5, 5.41) is 11.6. The van der Waals surface area contributed by atoms with Gasteiger partial charge in [-0.2, -0.15) is 0 Å². The SMILES string of the molecule is CC(C)c1ccc(CN(C)C(=O)c2cn(C3CCNCC3)nn2)cc1. The van der Waals surface area contributed by atoms with E-state index >= 15 is 0 Å². The molecule has 6 nitrogen and oxygen atoms in total. The van der Waals surface area contributed by atoms with Gasteiger partial charge in [0.05, 0.1) is 12.2 Å². The number of carbonyl (C=O) groups is 1. The van der Waals surface area contributed by atoms with Crippen LogP contribution in [0.25, 0.3) is 0 Å². The largest absolute Gasteiger partial charge is 0.336 e. The quantitative estimate of drug-likeness (QED) is 0.908. The van der Waals surface area contributed by atoms with Crippen molar-refractivity contribution in [2.45, 2.75) is 45.2 Å². The Labute approximate surface area is 149 Å². The Bertz CT molecular complexity index is 701. The number of benzene rings is 1. The van der Waals surface area contributed by atoms with Crippen LogP contribution in [0.2, 0.25) is 0 Å². The first-order chi connectivity index (χ1) is 12.0. The molecule has 0 aliphatic carbocycles. The summed E-state index contributed by atoms with van der Waals surface area (Å²) in [6.45, 7) is 6.89. The summed E-state index contributed by atoms with van der Waals surface area (Å²) in [6, 6.07) is 8.78. The van der Waals surface area contributed by atoms with E-state index in [0.717, 1.165) is 31.5 Å². The lowest BCUT2D eigenvalue weighted by molar-refractivity contribution is 0.0779. The van der Waals surface area contributed by atoms with Gasteiger partial charge in [-0.15, -0.1) is 5.10 Å². The van der Waals surface area contributed by atoms with Crippen molar-refractivity contribution in [3.63, 3.8) is 0 Å². The predicted octanol–water partition coefficient (Wildman–Crippen LogP) is 2.60. The summed E-state index contributed by atoms with van der Waals surface area (Å²) < 4.78 is 1.85. The molecule has 1 amide bonds. The van der Waals surface area contributed by atoms with E-state index in [4.69, 9.17) is 0 Å². The molecule has 0 bridgehead atoms. The molecule has 6 heteroatoms. The van der Waals surface area contributed by atoms with E-state index in [2.05, 4.69) is 53.7 Å². The number of aromatic nitrogens is 3. The zero-order valence-corrected chi connectivity index (χ0v) is 15.3. The minimum atomic E-state index is -0.0897. The predicted molar refractivity (Wildman–Crippen MR) is 97.5 cm³/mol. The van der Waals surface area contributed by atoms with Crippen molar-refractivity contribution < 1.29 is 4.79 Å². The lowest BCUT2D eigenvalue weighted by atomic mass is 10.0. The van der Waals surface area contributed by atoms with E-state index in [0.29, 0.717) is 24.2 Å². The molecule has 1 aliphatic rings. The van der Waals surface area contributed by atoms with E-state index in [-0.39, 0.29) is 5.91 Å². The lowest BCUT2D eigenvalue weighted by Gasteiger charge is -2.22. The maximum absolute atomic E-state index is 12.6. The molecule has 1 N–H and O–H groups in total. The molecule has 0 radical (unpaired) electrons. The number of carbonyl (C=O) groups excluding carboxylic acids is 1. The molecule has 1 aromatic carbocycles. The third-order valence-corrected chi connectivity index (χ3v) is 4.83. The Morgan fingerprint density at radius 1 is 1.28 bits per heavy atom. The van der Waals surface area contributed by atoms with Crippen molar-refractivity contribution in [2.24, 2.45) is 0 Å². The second-order valence-corrected chi connectivity index (χ2v) is 7.12. The van der Waals surface area contributed by atoms with Gasteiger partial charge in [0.1, 0.15) is 0 Å². The molecule has 2 heterocycles. The molecule has 1 aromatic heterocycles. The molecule has 1 fully saturated rings. The Hall–Kier alpha value is -2.21. The standard InChI is InChI=1S/C19H27N5O/c1-14(2)16-6-4-15(5-7-16)12-23(3)19(25)18-13-24(22-21-18)17-8-10-20-11-9-17/h4-7,13-14,17,20H,8-12H2,1-3H3. The van der Waals surface area contributed by atoms with Crippen LogP contribution in [0.3, 0.4) is 0 Å². The van der Waals surface area contributed by atoms with Crippen molar-refractivity contribution in [1.82, 2.24) is 25.2 Å². The average Bonchev–Trinajstić information content (AvgIpc) is 3.12. The lowest BCUT2D eigenvalue weighted by Crippen LogP contribution is -2.29. The molecule has 0 saturated carbocycles. The van der Waals surface area contributed by atoms with Crippen LogP contribution in [-0.2, 0) is 6.54 Å². The highest BCUT2D eigenvalue weighted by Gasteiger charge is 2.20. The zero-order chi connectivity index (χ0) is 17.8. The van der Waals surface area contributed by atoms with Crippen molar-refractivity contribution in [2.75, 3.05) is 20.1 Å². The molecule has 25 heavy (non-hydrogen) atoms. The molecular formula is C19H27N5O. The first-order valence-electron chi connectivity index (χ1n) is 9.01. The molecule has 0 spiro atoms. The van der Waals surface area contributed by atoms with Crippen molar-refractivity contribution in [3.8, 4) is 0 Å². The van der Waals surface area contributed by atoms with Crippen molar-refractivity contribution in [3.05, 3.63) is 47.3 Å². The van der Waals surface area contributed by atoms with E-state index in [1.54, 1.807) is 11.1 Å². The van der Waals surface area contributed by atoms with Gasteiger partial charge < -0.3 is 10.2 Å². The Kier molecular flexibility index (Phi) is 5.48. The fourth-order valence-electron chi connectivity index (χ4n) is 3.17. The second-order valence-electron chi connectivity index (χ2n) is 7.12. The number of piperidine rings is 1. The molecule has 134 valence electrons. The number of hydrogen-bond donors (Lipinski definition) is 1. The molecule has 1 saturated heterocycles. The Morgan fingerprint density at radius 2 is 1.96 bits per heavy atom. The number of nitrogens with one attached hydrogen (secondary N) is 1. The van der Waals surface area contributed by atoms with Crippen LogP contribution >= 0.6 is 0 Å². The number of hydrogen-bond acceptors (Lipinski definition) is 4. The fourth-order valence-corrected chi connectivity index (χ4v) is 3.17. The van der Waals surface area contributed by atoms with Gasteiger partial charge in [-0.05, 0) is 43.0 Å². The summed E-state index contributed by atoms with van der Waals surface area (Å²) in [6.07, 6.45) is 3.83. The smallest absolute Gasteiger partial charge is 0.276 e. The average molecular weight is 341 g/mol. The topological polar surface area (TPSA) is 63.1 Å². The highest BCUT2D eigenvalue weighted by molar-refractivity contribution is 5.91. The van der Waals surface area contributed by atoms with Gasteiger partial charge in [0.25, 0.3) is 5.91 Å². The van der Waals surface area contributed by atoms with Crippen LogP contribution in [0, 0.1) is 0 Å². The van der Waals surface area contributed by atoms with E-state index < -0.39 is 0 Å². The third kappa shape index (κ3) is 4.25. The molecule has 3 rings (SSSR count). The van der Waals surface area contributed by atoms with Crippen molar-refractivity contribution >= 4 is 5.91 Å². The second kappa shape index (κ2) is 7.78. The zero-order valence-electron chi connectivity index (χ0n) is 15.3. The maximum atomic E-state index is 12.6. The van der Waals surface area contributed by atoms with Crippen LogP contribution in [0.4, 0.5) is 0 Å². The van der Waals surface area contributed by atoms with Gasteiger partial charge in [-0.25, -0.2) is 4.68 Å². The maximum Gasteiger partial charge on any atom is 0.276 e. The van der Waals surface area contributed by atoms with Crippen LogP contribution in [0.15, 0.2) is 30.5 Å². The molecule has 2 aromatic rings. The molecule has 1 aliphatic heterocycles. The molecule has 0 unspecified atom stereocenters. The monoisotopic (exact) mass is 341 g/mol. The van der Waals surface area contributed by atoms with Crippen LogP contribution in [0.5, 0.6) is 0 Å². The molecular weight excluding hydrogens is 314 g/mol. The van der Waals surface area contributed by atoms with Crippen LogP contribution in [-0.4, -0.2) is 45.9 Å². The summed E-state index contributed by atoms with van der Waals surface area (Å²) in [5.41, 5.74) is 2.84. The summed E-state index contributed by atoms with van der Waals surface area (Å²) in [7, 11) is 1.81. The number of amides is 1. The summed E-state index contributed by atoms with van der Waals surface area (Å²) in [5.74, 6) is 0.423. The van der Waals surface area contributed by atoms with Gasteiger partial charge in [-0.1, -0.05) is 43.3 Å². The summed E-state index contributed by atoms with van der Waals surface area (Å²) in [4.78, 5) is 14.3. The van der Waals surface area contributed by atoms with Crippen molar-refractivity contribution in [1.29, 1.82) is 0 Å². The Balaban J connectivity index is 1.63. The highest BCUT2D eigenvalue weighted by atomic mass is 16.2. The van der Waals surface area contributed by atoms with Gasteiger partial charge in [0.15, 0.2) is 5.69 Å². The fraction of sp³-hybridized carbons (Fsp3) is 0.526. The van der Waals surface area contributed by atoms with Crippen LogP contribution in [0.1, 0.15) is 60.3 Å². The van der Waals surface area contributed by atoms with E-state index in [9.17, 15) is 4.79 Å². The minimum absolute atomic E-state index is 0.0897. The third-order valence-electron chi connectivity index (χ3n) is 4.83. The molecule has 0 atom stereocenters. The van der Waals surface area contributed by atoms with Gasteiger partial charge >= 0.3 is 0 Å². The first kappa shape index (κ1) is 17.6. The number of nitrogens with zero attached hydrogens (tertiary/aromatic N) is 4. The Morgan fingerprint density at radius 3 is 2.60 bits per heavy atom. The number of rotatable bonds is 5. The minimum Gasteiger partial charge on any atom is -0.336 e. The van der Waals surface area contributed by atoms with E-state index in [1.807, 2.05) is 11.7 Å². The van der Waals surface area contributed by atoms with Gasteiger partial charge in [0.2, 0.25) is 0 Å². The highest BCUT2D eigenvalue weighted by Crippen LogP contribution is 2.18.